The number of rotatable bonds is 6. The van der Waals surface area contributed by atoms with Crippen molar-refractivity contribution < 1.29 is 4.74 Å². The van der Waals surface area contributed by atoms with Crippen molar-refractivity contribution in [1.29, 1.82) is 0 Å². The molecule has 0 amide bonds. The minimum absolute atomic E-state index is 0.693. The lowest BCUT2D eigenvalue weighted by atomic mass is 10.2. The maximum absolute atomic E-state index is 5.65. The molecule has 0 spiro atoms. The van der Waals surface area contributed by atoms with Crippen molar-refractivity contribution in [2.24, 2.45) is 0 Å². The highest BCUT2D eigenvalue weighted by molar-refractivity contribution is 7.14. The van der Waals surface area contributed by atoms with Gasteiger partial charge in [0.25, 0.3) is 0 Å². The molecule has 0 aliphatic carbocycles. The third kappa shape index (κ3) is 4.25. The van der Waals surface area contributed by atoms with E-state index in [2.05, 4.69) is 45.6 Å². The average molecular weight is 262 g/mol. The Labute approximate surface area is 110 Å². The fourth-order valence-electron chi connectivity index (χ4n) is 1.74. The van der Waals surface area contributed by atoms with Gasteiger partial charge in [0.1, 0.15) is 0 Å². The highest BCUT2D eigenvalue weighted by Gasteiger charge is 1.97. The zero-order valence-corrected chi connectivity index (χ0v) is 11.8. The molecule has 0 radical (unpaired) electrons. The summed E-state index contributed by atoms with van der Waals surface area (Å²) in [4.78, 5) is 4.27. The molecule has 3 nitrogen and oxygen atoms in total. The maximum Gasteiger partial charge on any atom is 0.0978 e. The molecule has 1 atom stereocenters. The highest BCUT2D eigenvalue weighted by atomic mass is 31.0. The first kappa shape index (κ1) is 13.3. The Morgan fingerprint density at radius 1 is 1.28 bits per heavy atom. The molecule has 0 saturated heterocycles. The van der Waals surface area contributed by atoms with Gasteiger partial charge in [0.05, 0.1) is 18.6 Å². The summed E-state index contributed by atoms with van der Waals surface area (Å²) in [6, 6.07) is 8.46. The number of aryl methyl sites for hydroxylation is 2. The number of imidazole rings is 1. The monoisotopic (exact) mass is 262 g/mol. The smallest absolute Gasteiger partial charge is 0.0978 e. The SMILES string of the molecule is Cc1ccc(COCCCc2cn(P)cn2)cc1. The number of ether oxygens (including phenoxy) is 1. The van der Waals surface area contributed by atoms with E-state index in [1.807, 2.05) is 10.5 Å². The van der Waals surface area contributed by atoms with Crippen molar-refractivity contribution in [3.05, 3.63) is 53.6 Å². The van der Waals surface area contributed by atoms with Crippen LogP contribution >= 0.6 is 9.39 Å². The van der Waals surface area contributed by atoms with Gasteiger partial charge in [-0.25, -0.2) is 4.98 Å². The predicted molar refractivity (Wildman–Crippen MR) is 76.5 cm³/mol. The Hall–Kier alpha value is -1.18. The van der Waals surface area contributed by atoms with Crippen molar-refractivity contribution in [3.8, 4) is 0 Å². The standard InChI is InChI=1S/C14H19N2OP/c1-12-4-6-13(7-5-12)10-17-8-2-3-14-9-16(18)11-15-14/h4-7,9,11H,2-3,8,10,18H2,1H3. The van der Waals surface area contributed by atoms with Crippen LogP contribution in [0.5, 0.6) is 0 Å². The number of aromatic nitrogens is 2. The Bertz CT molecular complexity index is 479. The van der Waals surface area contributed by atoms with Crippen LogP contribution in [-0.4, -0.2) is 15.9 Å². The molecule has 2 aromatic rings. The van der Waals surface area contributed by atoms with Crippen molar-refractivity contribution in [1.82, 2.24) is 9.32 Å². The van der Waals surface area contributed by atoms with Crippen LogP contribution in [0.25, 0.3) is 0 Å². The lowest BCUT2D eigenvalue weighted by Crippen LogP contribution is -1.97. The van der Waals surface area contributed by atoms with E-state index in [1.54, 1.807) is 6.33 Å². The van der Waals surface area contributed by atoms with Crippen LogP contribution in [-0.2, 0) is 17.8 Å². The highest BCUT2D eigenvalue weighted by Crippen LogP contribution is 2.06. The molecular weight excluding hydrogens is 243 g/mol. The first-order valence-corrected chi connectivity index (χ1v) is 6.67. The second-order valence-electron chi connectivity index (χ2n) is 4.45. The van der Waals surface area contributed by atoms with Gasteiger partial charge in [-0.05, 0) is 34.7 Å². The van der Waals surface area contributed by atoms with Crippen molar-refractivity contribution in [2.45, 2.75) is 26.4 Å². The van der Waals surface area contributed by atoms with E-state index in [0.717, 1.165) is 25.1 Å². The Balaban J connectivity index is 1.63. The summed E-state index contributed by atoms with van der Waals surface area (Å²) < 4.78 is 7.54. The zero-order valence-electron chi connectivity index (χ0n) is 10.7. The van der Waals surface area contributed by atoms with Crippen molar-refractivity contribution in [2.75, 3.05) is 6.61 Å². The summed E-state index contributed by atoms with van der Waals surface area (Å²) in [5.74, 6) is 0. The third-order valence-electron chi connectivity index (χ3n) is 2.77. The zero-order chi connectivity index (χ0) is 12.8. The maximum atomic E-state index is 5.65. The normalized spacial score (nSPS) is 10.8. The van der Waals surface area contributed by atoms with Gasteiger partial charge in [0.2, 0.25) is 0 Å². The lowest BCUT2D eigenvalue weighted by molar-refractivity contribution is 0.118. The fourth-order valence-corrected chi connectivity index (χ4v) is 1.98. The second-order valence-corrected chi connectivity index (χ2v) is 5.05. The molecule has 18 heavy (non-hydrogen) atoms. The molecule has 2 rings (SSSR count). The van der Waals surface area contributed by atoms with Crippen LogP contribution in [0.1, 0.15) is 23.2 Å². The van der Waals surface area contributed by atoms with Crippen LogP contribution in [0, 0.1) is 6.92 Å². The summed E-state index contributed by atoms with van der Waals surface area (Å²) in [5.41, 5.74) is 3.63. The van der Waals surface area contributed by atoms with Gasteiger partial charge in [-0.3, -0.25) is 0 Å². The Morgan fingerprint density at radius 2 is 2.06 bits per heavy atom. The second kappa shape index (κ2) is 6.67. The molecule has 96 valence electrons. The molecule has 1 aromatic heterocycles. The molecular formula is C14H19N2OP. The average Bonchev–Trinajstić information content (AvgIpc) is 2.77. The van der Waals surface area contributed by atoms with Crippen LogP contribution in [0.3, 0.4) is 0 Å². The molecule has 0 bridgehead atoms. The largest absolute Gasteiger partial charge is 0.377 e. The lowest BCUT2D eigenvalue weighted by Gasteiger charge is -2.04. The van der Waals surface area contributed by atoms with Gasteiger partial charge in [-0.2, -0.15) is 0 Å². The van der Waals surface area contributed by atoms with E-state index in [9.17, 15) is 0 Å². The van der Waals surface area contributed by atoms with Crippen LogP contribution < -0.4 is 0 Å². The van der Waals surface area contributed by atoms with Gasteiger partial charge >= 0.3 is 0 Å². The van der Waals surface area contributed by atoms with E-state index in [0.29, 0.717) is 6.61 Å². The number of benzene rings is 1. The van der Waals surface area contributed by atoms with E-state index in [1.165, 1.54) is 11.1 Å². The van der Waals surface area contributed by atoms with Gasteiger partial charge < -0.3 is 9.07 Å². The summed E-state index contributed by atoms with van der Waals surface area (Å²) in [5, 5.41) is 0. The van der Waals surface area contributed by atoms with Gasteiger partial charge in [0, 0.05) is 12.8 Å². The summed E-state index contributed by atoms with van der Waals surface area (Å²) in [6.45, 7) is 3.56. The first-order chi connectivity index (χ1) is 8.74. The van der Waals surface area contributed by atoms with Crippen LogP contribution in [0.2, 0.25) is 0 Å². The Morgan fingerprint density at radius 3 is 2.72 bits per heavy atom. The van der Waals surface area contributed by atoms with E-state index in [4.69, 9.17) is 4.74 Å². The van der Waals surface area contributed by atoms with Crippen LogP contribution in [0.15, 0.2) is 36.8 Å². The molecule has 0 N–H and O–H groups in total. The third-order valence-corrected chi connectivity index (χ3v) is 3.05. The minimum Gasteiger partial charge on any atom is -0.377 e. The van der Waals surface area contributed by atoms with E-state index in [-0.39, 0.29) is 0 Å². The van der Waals surface area contributed by atoms with E-state index < -0.39 is 0 Å². The van der Waals surface area contributed by atoms with Gasteiger partial charge in [-0.1, -0.05) is 29.8 Å². The first-order valence-electron chi connectivity index (χ1n) is 6.15. The predicted octanol–water partition coefficient (Wildman–Crippen LogP) is 2.98. The number of hydrogen-bond donors (Lipinski definition) is 0. The van der Waals surface area contributed by atoms with Gasteiger partial charge in [0.15, 0.2) is 0 Å². The molecule has 0 aliphatic heterocycles. The van der Waals surface area contributed by atoms with Crippen molar-refractivity contribution >= 4 is 9.39 Å². The molecule has 1 aromatic carbocycles. The number of hydrogen-bond acceptors (Lipinski definition) is 2. The summed E-state index contributed by atoms with van der Waals surface area (Å²) in [7, 11) is 2.58. The summed E-state index contributed by atoms with van der Waals surface area (Å²) >= 11 is 0. The molecule has 1 unspecified atom stereocenters. The van der Waals surface area contributed by atoms with Crippen molar-refractivity contribution in [3.63, 3.8) is 0 Å². The van der Waals surface area contributed by atoms with E-state index >= 15 is 0 Å². The molecule has 0 saturated carbocycles. The Kier molecular flexibility index (Phi) is 4.91. The molecule has 0 aliphatic rings. The molecule has 4 heteroatoms. The quantitative estimate of drug-likeness (QED) is 0.591. The number of nitrogens with zero attached hydrogens (tertiary/aromatic N) is 2. The fraction of sp³-hybridized carbons (Fsp3) is 0.357. The topological polar surface area (TPSA) is 27.1 Å². The molecule has 0 fully saturated rings. The summed E-state index contributed by atoms with van der Waals surface area (Å²) in [6.07, 6.45) is 5.79. The minimum atomic E-state index is 0.693. The van der Waals surface area contributed by atoms with Crippen LogP contribution in [0.4, 0.5) is 0 Å². The molecule has 1 heterocycles. The van der Waals surface area contributed by atoms with Gasteiger partial charge in [-0.15, -0.1) is 0 Å².